The minimum atomic E-state index is -0.732. The molecule has 1 atom stereocenters. The van der Waals surface area contributed by atoms with Gasteiger partial charge in [0.2, 0.25) is 0 Å². The maximum atomic E-state index is 10.3. The Hall–Kier alpha value is -1.06. The Bertz CT molecular complexity index is 368. The summed E-state index contributed by atoms with van der Waals surface area (Å²) in [7, 11) is 0. The van der Waals surface area contributed by atoms with Gasteiger partial charge in [0.05, 0.1) is 0 Å². The van der Waals surface area contributed by atoms with E-state index in [1.807, 2.05) is 24.3 Å². The molecule has 4 heteroatoms. The smallest absolute Gasteiger partial charge is 0.303 e. The molecule has 0 radical (unpaired) electrons. The van der Waals surface area contributed by atoms with Crippen LogP contribution in [0.15, 0.2) is 24.3 Å². The van der Waals surface area contributed by atoms with Crippen molar-refractivity contribution >= 4 is 17.6 Å². The van der Waals surface area contributed by atoms with Gasteiger partial charge in [-0.25, -0.2) is 0 Å². The molecule has 0 aliphatic heterocycles. The highest BCUT2D eigenvalue weighted by Gasteiger charge is 2.07. The first-order valence-corrected chi connectivity index (χ1v) is 6.18. The van der Waals surface area contributed by atoms with E-state index in [1.165, 1.54) is 0 Å². The van der Waals surface area contributed by atoms with E-state index in [1.54, 1.807) is 0 Å². The summed E-state index contributed by atoms with van der Waals surface area (Å²) in [6.45, 7) is 2.86. The molecule has 1 aromatic carbocycles. The summed E-state index contributed by atoms with van der Waals surface area (Å²) in [6.07, 6.45) is 1.81. The van der Waals surface area contributed by atoms with Crippen molar-refractivity contribution in [2.45, 2.75) is 32.2 Å². The van der Waals surface area contributed by atoms with Crippen molar-refractivity contribution in [3.63, 3.8) is 0 Å². The summed E-state index contributed by atoms with van der Waals surface area (Å²) in [5.74, 6) is -0.732. The van der Waals surface area contributed by atoms with Gasteiger partial charge in [-0.2, -0.15) is 0 Å². The fourth-order valence-electron chi connectivity index (χ4n) is 1.66. The Morgan fingerprint density at radius 3 is 2.76 bits per heavy atom. The molecule has 0 amide bonds. The molecule has 2 N–H and O–H groups in total. The van der Waals surface area contributed by atoms with Crippen LogP contribution in [0.2, 0.25) is 5.02 Å². The van der Waals surface area contributed by atoms with Crippen molar-refractivity contribution in [1.29, 1.82) is 0 Å². The van der Waals surface area contributed by atoms with Crippen LogP contribution in [0.4, 0.5) is 0 Å². The van der Waals surface area contributed by atoms with Crippen LogP contribution in [0.5, 0.6) is 0 Å². The van der Waals surface area contributed by atoms with E-state index in [2.05, 4.69) is 12.2 Å². The number of halogens is 1. The SMILES string of the molecule is CC(NCCCCC(=O)O)c1ccccc1Cl. The minimum absolute atomic E-state index is 0.188. The maximum absolute atomic E-state index is 10.3. The van der Waals surface area contributed by atoms with E-state index >= 15 is 0 Å². The van der Waals surface area contributed by atoms with Gasteiger partial charge in [0.25, 0.3) is 0 Å². The zero-order valence-electron chi connectivity index (χ0n) is 9.95. The number of carboxylic acids is 1. The van der Waals surface area contributed by atoms with E-state index in [0.29, 0.717) is 6.42 Å². The molecule has 1 unspecified atom stereocenters. The molecule has 0 aliphatic carbocycles. The molecule has 0 aromatic heterocycles. The first kappa shape index (κ1) is 14.0. The zero-order chi connectivity index (χ0) is 12.7. The molecule has 0 saturated carbocycles. The highest BCUT2D eigenvalue weighted by Crippen LogP contribution is 2.21. The van der Waals surface area contributed by atoms with Crippen molar-refractivity contribution in [3.8, 4) is 0 Å². The Kier molecular flexibility index (Phi) is 6.01. The molecule has 0 spiro atoms. The number of nitrogens with one attached hydrogen (secondary N) is 1. The van der Waals surface area contributed by atoms with Crippen LogP contribution >= 0.6 is 11.6 Å². The summed E-state index contributed by atoms with van der Waals surface area (Å²) in [5.41, 5.74) is 1.08. The molecular weight excluding hydrogens is 238 g/mol. The highest BCUT2D eigenvalue weighted by atomic mass is 35.5. The number of carboxylic acid groups (broad SMARTS) is 1. The summed E-state index contributed by atoms with van der Waals surface area (Å²) in [5, 5.41) is 12.6. The fourth-order valence-corrected chi connectivity index (χ4v) is 1.96. The van der Waals surface area contributed by atoms with Crippen LogP contribution in [0, 0.1) is 0 Å². The van der Waals surface area contributed by atoms with Crippen LogP contribution in [-0.2, 0) is 4.79 Å². The van der Waals surface area contributed by atoms with Gasteiger partial charge in [0, 0.05) is 17.5 Å². The van der Waals surface area contributed by atoms with Crippen molar-refractivity contribution < 1.29 is 9.90 Å². The van der Waals surface area contributed by atoms with Crippen molar-refractivity contribution in [2.75, 3.05) is 6.54 Å². The summed E-state index contributed by atoms with van der Waals surface area (Å²) in [4.78, 5) is 10.3. The third kappa shape index (κ3) is 5.20. The quantitative estimate of drug-likeness (QED) is 0.736. The first-order chi connectivity index (χ1) is 8.11. The van der Waals surface area contributed by atoms with E-state index in [0.717, 1.165) is 23.6 Å². The molecule has 0 bridgehead atoms. The van der Waals surface area contributed by atoms with Gasteiger partial charge >= 0.3 is 5.97 Å². The topological polar surface area (TPSA) is 49.3 Å². The van der Waals surface area contributed by atoms with Gasteiger partial charge in [-0.15, -0.1) is 0 Å². The van der Waals surface area contributed by atoms with Crippen molar-refractivity contribution in [3.05, 3.63) is 34.9 Å². The largest absolute Gasteiger partial charge is 0.481 e. The average molecular weight is 256 g/mol. The van der Waals surface area contributed by atoms with Crippen molar-refractivity contribution in [1.82, 2.24) is 5.32 Å². The van der Waals surface area contributed by atoms with Crippen LogP contribution < -0.4 is 5.32 Å². The van der Waals surface area contributed by atoms with Crippen LogP contribution in [0.25, 0.3) is 0 Å². The van der Waals surface area contributed by atoms with E-state index < -0.39 is 5.97 Å². The number of aliphatic carboxylic acids is 1. The molecule has 17 heavy (non-hydrogen) atoms. The predicted molar refractivity (Wildman–Crippen MR) is 69.4 cm³/mol. The van der Waals surface area contributed by atoms with E-state index in [4.69, 9.17) is 16.7 Å². The van der Waals surface area contributed by atoms with Gasteiger partial charge in [0.1, 0.15) is 0 Å². The molecule has 0 heterocycles. The molecule has 1 aromatic rings. The van der Waals surface area contributed by atoms with E-state index in [-0.39, 0.29) is 12.5 Å². The molecule has 0 fully saturated rings. The molecule has 0 aliphatic rings. The predicted octanol–water partition coefficient (Wildman–Crippen LogP) is 3.25. The maximum Gasteiger partial charge on any atom is 0.303 e. The Balaban J connectivity index is 2.28. The Morgan fingerprint density at radius 2 is 2.12 bits per heavy atom. The number of carbonyl (C=O) groups is 1. The minimum Gasteiger partial charge on any atom is -0.481 e. The lowest BCUT2D eigenvalue weighted by molar-refractivity contribution is -0.137. The second-order valence-corrected chi connectivity index (χ2v) is 4.46. The number of benzene rings is 1. The summed E-state index contributed by atoms with van der Waals surface area (Å²) in [6, 6.07) is 7.93. The van der Waals surface area contributed by atoms with Gasteiger partial charge in [-0.05, 0) is 37.9 Å². The molecule has 1 rings (SSSR count). The first-order valence-electron chi connectivity index (χ1n) is 5.81. The van der Waals surface area contributed by atoms with Gasteiger partial charge in [-0.1, -0.05) is 29.8 Å². The third-order valence-corrected chi connectivity index (χ3v) is 2.98. The standard InChI is InChI=1S/C13H18ClNO2/c1-10(11-6-2-3-7-12(11)14)15-9-5-4-8-13(16)17/h2-3,6-7,10,15H,4-5,8-9H2,1H3,(H,16,17). The van der Waals surface area contributed by atoms with Gasteiger partial charge in [0.15, 0.2) is 0 Å². The van der Waals surface area contributed by atoms with Crippen LogP contribution in [0.3, 0.4) is 0 Å². The van der Waals surface area contributed by atoms with E-state index in [9.17, 15) is 4.79 Å². The lowest BCUT2D eigenvalue weighted by Crippen LogP contribution is -2.20. The summed E-state index contributed by atoms with van der Waals surface area (Å²) < 4.78 is 0. The van der Waals surface area contributed by atoms with Crippen LogP contribution in [-0.4, -0.2) is 17.6 Å². The lowest BCUT2D eigenvalue weighted by atomic mass is 10.1. The fraction of sp³-hybridized carbons (Fsp3) is 0.462. The second kappa shape index (κ2) is 7.30. The molecule has 3 nitrogen and oxygen atoms in total. The molecular formula is C13H18ClNO2. The van der Waals surface area contributed by atoms with Crippen LogP contribution in [0.1, 0.15) is 37.8 Å². The zero-order valence-corrected chi connectivity index (χ0v) is 10.7. The molecule has 0 saturated heterocycles. The third-order valence-electron chi connectivity index (χ3n) is 2.64. The molecule has 94 valence electrons. The normalized spacial score (nSPS) is 12.4. The highest BCUT2D eigenvalue weighted by molar-refractivity contribution is 6.31. The van der Waals surface area contributed by atoms with Crippen molar-refractivity contribution in [2.24, 2.45) is 0 Å². The monoisotopic (exact) mass is 255 g/mol. The summed E-state index contributed by atoms with van der Waals surface area (Å²) >= 11 is 6.08. The van der Waals surface area contributed by atoms with Gasteiger partial charge in [-0.3, -0.25) is 4.79 Å². The average Bonchev–Trinajstić information content (AvgIpc) is 2.28. The van der Waals surface area contributed by atoms with Gasteiger partial charge < -0.3 is 10.4 Å². The lowest BCUT2D eigenvalue weighted by Gasteiger charge is -2.15. The second-order valence-electron chi connectivity index (χ2n) is 4.05. The number of hydrogen-bond acceptors (Lipinski definition) is 2. The Morgan fingerprint density at radius 1 is 1.41 bits per heavy atom. The number of rotatable bonds is 7. The number of hydrogen-bond donors (Lipinski definition) is 2. The Labute approximate surface area is 107 Å². The number of unbranched alkanes of at least 4 members (excludes halogenated alkanes) is 1.